The number of benzene rings is 1. The highest BCUT2D eigenvalue weighted by molar-refractivity contribution is 9.10. The monoisotopic (exact) mass is 325 g/mol. The van der Waals surface area contributed by atoms with E-state index in [0.29, 0.717) is 11.0 Å². The van der Waals surface area contributed by atoms with E-state index in [2.05, 4.69) is 26.3 Å². The maximum Gasteiger partial charge on any atom is 0.224 e. The van der Waals surface area contributed by atoms with E-state index in [1.807, 2.05) is 13.2 Å². The first-order chi connectivity index (χ1) is 9.04. The third-order valence-corrected chi connectivity index (χ3v) is 3.35. The average molecular weight is 326 g/mol. The van der Waals surface area contributed by atoms with Crippen LogP contribution in [-0.4, -0.2) is 15.7 Å². The molecule has 0 aliphatic heterocycles. The molecule has 0 saturated carbocycles. The Morgan fingerprint density at radius 3 is 2.95 bits per heavy atom. The summed E-state index contributed by atoms with van der Waals surface area (Å²) in [5.41, 5.74) is 1.69. The molecule has 1 aromatic heterocycles. The number of amides is 1. The minimum Gasteiger partial charge on any atom is -0.352 e. The van der Waals surface area contributed by atoms with Gasteiger partial charge >= 0.3 is 0 Å². The van der Waals surface area contributed by atoms with Gasteiger partial charge in [-0.2, -0.15) is 5.10 Å². The van der Waals surface area contributed by atoms with E-state index in [4.69, 9.17) is 0 Å². The summed E-state index contributed by atoms with van der Waals surface area (Å²) < 4.78 is 15.2. The van der Waals surface area contributed by atoms with Crippen LogP contribution in [0, 0.1) is 5.82 Å². The number of aryl methyl sites for hydroxylation is 1. The molecule has 0 radical (unpaired) electrons. The number of carbonyl (C=O) groups excluding carboxylic acids is 1. The van der Waals surface area contributed by atoms with Crippen LogP contribution >= 0.6 is 15.9 Å². The van der Waals surface area contributed by atoms with E-state index in [0.717, 1.165) is 11.1 Å². The maximum atomic E-state index is 12.9. The van der Waals surface area contributed by atoms with Crippen LogP contribution in [0.5, 0.6) is 0 Å². The van der Waals surface area contributed by atoms with Crippen LogP contribution in [0.3, 0.4) is 0 Å². The minimum atomic E-state index is -0.327. The summed E-state index contributed by atoms with van der Waals surface area (Å²) in [4.78, 5) is 11.8. The number of hydrogen-bond acceptors (Lipinski definition) is 2. The van der Waals surface area contributed by atoms with Crippen LogP contribution in [-0.2, 0) is 24.8 Å². The van der Waals surface area contributed by atoms with Gasteiger partial charge in [0.25, 0.3) is 0 Å². The molecule has 0 unspecified atom stereocenters. The molecule has 2 rings (SSSR count). The minimum absolute atomic E-state index is 0.115. The number of halogens is 2. The fourth-order valence-electron chi connectivity index (χ4n) is 1.66. The molecule has 1 N–H and O–H groups in total. The Bertz CT molecular complexity index is 597. The van der Waals surface area contributed by atoms with Crippen molar-refractivity contribution in [2.75, 3.05) is 0 Å². The largest absolute Gasteiger partial charge is 0.352 e. The highest BCUT2D eigenvalue weighted by Crippen LogP contribution is 2.18. The Kier molecular flexibility index (Phi) is 4.31. The molecule has 6 heteroatoms. The molecular formula is C13H13BrFN3O. The van der Waals surface area contributed by atoms with Crippen molar-refractivity contribution in [1.29, 1.82) is 0 Å². The first-order valence-corrected chi connectivity index (χ1v) is 6.52. The molecule has 0 saturated heterocycles. The van der Waals surface area contributed by atoms with Crippen LogP contribution in [0.2, 0.25) is 0 Å². The second-order valence-corrected chi connectivity index (χ2v) is 5.07. The molecule has 0 atom stereocenters. The first kappa shape index (κ1) is 13.7. The molecule has 0 aliphatic rings. The van der Waals surface area contributed by atoms with Gasteiger partial charge < -0.3 is 5.32 Å². The third-order valence-electron chi connectivity index (χ3n) is 2.61. The van der Waals surface area contributed by atoms with Gasteiger partial charge in [-0.15, -0.1) is 0 Å². The van der Waals surface area contributed by atoms with Gasteiger partial charge in [0.15, 0.2) is 0 Å². The fourth-order valence-corrected chi connectivity index (χ4v) is 2.16. The maximum absolute atomic E-state index is 12.9. The van der Waals surface area contributed by atoms with Crippen LogP contribution < -0.4 is 5.32 Å². The Balaban J connectivity index is 1.90. The van der Waals surface area contributed by atoms with Gasteiger partial charge in [0.05, 0.1) is 12.6 Å². The molecule has 100 valence electrons. The van der Waals surface area contributed by atoms with Gasteiger partial charge in [0, 0.05) is 29.8 Å². The topological polar surface area (TPSA) is 46.9 Å². The quantitative estimate of drug-likeness (QED) is 0.936. The van der Waals surface area contributed by atoms with Gasteiger partial charge in [0.2, 0.25) is 5.91 Å². The summed E-state index contributed by atoms with van der Waals surface area (Å²) in [5, 5.41) is 6.81. The smallest absolute Gasteiger partial charge is 0.224 e. The van der Waals surface area contributed by atoms with Crippen LogP contribution in [0.4, 0.5) is 4.39 Å². The van der Waals surface area contributed by atoms with Gasteiger partial charge in [-0.3, -0.25) is 9.48 Å². The van der Waals surface area contributed by atoms with Crippen LogP contribution in [0.15, 0.2) is 35.1 Å². The molecular weight excluding hydrogens is 313 g/mol. The zero-order valence-electron chi connectivity index (χ0n) is 10.4. The van der Waals surface area contributed by atoms with E-state index in [-0.39, 0.29) is 18.1 Å². The van der Waals surface area contributed by atoms with E-state index < -0.39 is 0 Å². The predicted octanol–water partition coefficient (Wildman–Crippen LogP) is 2.18. The normalized spacial score (nSPS) is 10.5. The van der Waals surface area contributed by atoms with Crippen molar-refractivity contribution in [2.24, 2.45) is 7.05 Å². The van der Waals surface area contributed by atoms with E-state index in [1.165, 1.54) is 12.1 Å². The Hall–Kier alpha value is -1.69. The van der Waals surface area contributed by atoms with E-state index in [9.17, 15) is 9.18 Å². The van der Waals surface area contributed by atoms with Gasteiger partial charge in [-0.25, -0.2) is 4.39 Å². The second-order valence-electron chi connectivity index (χ2n) is 4.21. The molecule has 19 heavy (non-hydrogen) atoms. The predicted molar refractivity (Wildman–Crippen MR) is 72.9 cm³/mol. The summed E-state index contributed by atoms with van der Waals surface area (Å²) in [7, 11) is 1.82. The number of rotatable bonds is 4. The zero-order chi connectivity index (χ0) is 13.8. The SMILES string of the molecule is Cn1cc(CNC(=O)Cc2ccc(F)cc2Br)cn1. The first-order valence-electron chi connectivity index (χ1n) is 5.73. The number of nitrogens with zero attached hydrogens (tertiary/aromatic N) is 2. The van der Waals surface area contributed by atoms with Gasteiger partial charge in [-0.1, -0.05) is 22.0 Å². The van der Waals surface area contributed by atoms with Crippen molar-refractivity contribution in [3.63, 3.8) is 0 Å². The fraction of sp³-hybridized carbons (Fsp3) is 0.231. The summed E-state index contributed by atoms with van der Waals surface area (Å²) in [6, 6.07) is 4.29. The lowest BCUT2D eigenvalue weighted by Crippen LogP contribution is -2.24. The molecule has 0 aliphatic carbocycles. The summed E-state index contributed by atoms with van der Waals surface area (Å²) >= 11 is 3.24. The van der Waals surface area contributed by atoms with E-state index >= 15 is 0 Å². The standard InChI is InChI=1S/C13H13BrFN3O/c1-18-8-9(7-17-18)6-16-13(19)4-10-2-3-11(15)5-12(10)14/h2-3,5,7-8H,4,6H2,1H3,(H,16,19). The highest BCUT2D eigenvalue weighted by Gasteiger charge is 2.08. The third kappa shape index (κ3) is 3.89. The zero-order valence-corrected chi connectivity index (χ0v) is 11.9. The number of aromatic nitrogens is 2. The summed E-state index contributed by atoms with van der Waals surface area (Å²) in [6.07, 6.45) is 3.75. The number of hydrogen-bond donors (Lipinski definition) is 1. The van der Waals surface area contributed by atoms with Crippen molar-refractivity contribution >= 4 is 21.8 Å². The lowest BCUT2D eigenvalue weighted by Gasteiger charge is -2.06. The molecule has 1 aromatic carbocycles. The van der Waals surface area contributed by atoms with Crippen molar-refractivity contribution in [1.82, 2.24) is 15.1 Å². The molecule has 4 nitrogen and oxygen atoms in total. The molecule has 0 spiro atoms. The Labute approximate surface area is 118 Å². The lowest BCUT2D eigenvalue weighted by atomic mass is 10.1. The molecule has 1 amide bonds. The van der Waals surface area contributed by atoms with Crippen molar-refractivity contribution < 1.29 is 9.18 Å². The van der Waals surface area contributed by atoms with Crippen LogP contribution in [0.25, 0.3) is 0 Å². The molecule has 1 heterocycles. The lowest BCUT2D eigenvalue weighted by molar-refractivity contribution is -0.120. The Morgan fingerprint density at radius 2 is 2.32 bits per heavy atom. The van der Waals surface area contributed by atoms with Crippen molar-refractivity contribution in [2.45, 2.75) is 13.0 Å². The molecule has 2 aromatic rings. The molecule has 0 fully saturated rings. The van der Waals surface area contributed by atoms with Crippen molar-refractivity contribution in [3.05, 3.63) is 52.0 Å². The average Bonchev–Trinajstić information content (AvgIpc) is 2.76. The summed E-state index contributed by atoms with van der Waals surface area (Å²) in [6.45, 7) is 0.436. The van der Waals surface area contributed by atoms with Crippen molar-refractivity contribution in [3.8, 4) is 0 Å². The second kappa shape index (κ2) is 5.97. The molecule has 0 bridgehead atoms. The van der Waals surface area contributed by atoms with E-state index in [1.54, 1.807) is 16.9 Å². The number of nitrogens with one attached hydrogen (secondary N) is 1. The number of carbonyl (C=O) groups is 1. The Morgan fingerprint density at radius 1 is 1.53 bits per heavy atom. The van der Waals surface area contributed by atoms with Gasteiger partial charge in [-0.05, 0) is 17.7 Å². The van der Waals surface area contributed by atoms with Crippen LogP contribution in [0.1, 0.15) is 11.1 Å². The summed E-state index contributed by atoms with van der Waals surface area (Å²) in [5.74, 6) is -0.442. The van der Waals surface area contributed by atoms with Gasteiger partial charge in [0.1, 0.15) is 5.82 Å². The highest BCUT2D eigenvalue weighted by atomic mass is 79.9.